The molecule has 1 heterocycles. The van der Waals surface area contributed by atoms with Gasteiger partial charge in [-0.2, -0.15) is 18.3 Å². The summed E-state index contributed by atoms with van der Waals surface area (Å²) < 4.78 is 54.0. The van der Waals surface area contributed by atoms with Gasteiger partial charge in [0.1, 0.15) is 11.0 Å². The Morgan fingerprint density at radius 2 is 2.00 bits per heavy atom. The molecule has 0 atom stereocenters. The minimum absolute atomic E-state index is 0.00601. The van der Waals surface area contributed by atoms with Gasteiger partial charge >= 0.3 is 6.18 Å². The standard InChI is InChI=1S/C17H19ClF4IN3/c1-10(2)24-14-6-5-12(19)8-11(14)4-3-7-26-16(18)13(9-23)15(25-26)17(20,21)22/h5-6,8,10,24H,3-4,7,9H2,1-2H3. The molecular weight excluding hydrogens is 485 g/mol. The molecule has 0 fully saturated rings. The van der Waals surface area contributed by atoms with E-state index in [1.165, 1.54) is 16.8 Å². The summed E-state index contributed by atoms with van der Waals surface area (Å²) in [4.78, 5) is 0. The Kier molecular flexibility index (Phi) is 7.18. The molecule has 0 amide bonds. The molecule has 0 aliphatic carbocycles. The molecule has 2 rings (SSSR count). The van der Waals surface area contributed by atoms with Crippen molar-refractivity contribution in [2.75, 3.05) is 5.32 Å². The summed E-state index contributed by atoms with van der Waals surface area (Å²) in [5, 5.41) is 6.88. The van der Waals surface area contributed by atoms with Gasteiger partial charge in [0.05, 0.1) is 0 Å². The number of hydrogen-bond acceptors (Lipinski definition) is 2. The maximum Gasteiger partial charge on any atom is 0.435 e. The van der Waals surface area contributed by atoms with Gasteiger partial charge in [0, 0.05) is 28.3 Å². The monoisotopic (exact) mass is 503 g/mol. The van der Waals surface area contributed by atoms with Crippen LogP contribution in [0.3, 0.4) is 0 Å². The Morgan fingerprint density at radius 3 is 2.54 bits per heavy atom. The van der Waals surface area contributed by atoms with E-state index in [4.69, 9.17) is 11.6 Å². The minimum atomic E-state index is -4.54. The van der Waals surface area contributed by atoms with E-state index in [9.17, 15) is 17.6 Å². The predicted octanol–water partition coefficient (Wildman–Crippen LogP) is 6.08. The first kappa shape index (κ1) is 21.3. The zero-order chi connectivity index (χ0) is 19.5. The first-order valence-corrected chi connectivity index (χ1v) is 9.97. The number of rotatable bonds is 7. The summed E-state index contributed by atoms with van der Waals surface area (Å²) in [6, 6.07) is 4.66. The molecule has 0 unspecified atom stereocenters. The van der Waals surface area contributed by atoms with E-state index in [2.05, 4.69) is 10.4 Å². The maximum atomic E-state index is 13.5. The van der Waals surface area contributed by atoms with E-state index in [1.807, 2.05) is 36.4 Å². The second kappa shape index (κ2) is 8.77. The lowest BCUT2D eigenvalue weighted by molar-refractivity contribution is -0.142. The van der Waals surface area contributed by atoms with Gasteiger partial charge in [0.25, 0.3) is 0 Å². The van der Waals surface area contributed by atoms with Gasteiger partial charge in [0.2, 0.25) is 0 Å². The van der Waals surface area contributed by atoms with Gasteiger partial charge in [-0.25, -0.2) is 4.39 Å². The number of nitrogens with one attached hydrogen (secondary N) is 1. The third kappa shape index (κ3) is 5.25. The smallest absolute Gasteiger partial charge is 0.383 e. The number of aromatic nitrogens is 2. The van der Waals surface area contributed by atoms with E-state index < -0.39 is 11.9 Å². The zero-order valence-corrected chi connectivity index (χ0v) is 17.2. The minimum Gasteiger partial charge on any atom is -0.383 e. The van der Waals surface area contributed by atoms with Gasteiger partial charge in [-0.05, 0) is 50.5 Å². The second-order valence-corrected chi connectivity index (χ2v) is 7.30. The third-order valence-corrected chi connectivity index (χ3v) is 4.90. The van der Waals surface area contributed by atoms with Crippen molar-refractivity contribution < 1.29 is 17.6 Å². The maximum absolute atomic E-state index is 13.5. The highest BCUT2D eigenvalue weighted by atomic mass is 127. The molecule has 9 heteroatoms. The van der Waals surface area contributed by atoms with Crippen LogP contribution in [0.15, 0.2) is 18.2 Å². The third-order valence-electron chi connectivity index (χ3n) is 3.71. The van der Waals surface area contributed by atoms with E-state index in [-0.39, 0.29) is 33.5 Å². The lowest BCUT2D eigenvalue weighted by Crippen LogP contribution is -2.12. The first-order valence-electron chi connectivity index (χ1n) is 8.06. The van der Waals surface area contributed by atoms with Crippen LogP contribution in [0, 0.1) is 5.82 Å². The topological polar surface area (TPSA) is 29.9 Å². The number of anilines is 1. The molecule has 26 heavy (non-hydrogen) atoms. The van der Waals surface area contributed by atoms with Gasteiger partial charge in [-0.1, -0.05) is 34.2 Å². The van der Waals surface area contributed by atoms with Crippen molar-refractivity contribution in [1.29, 1.82) is 0 Å². The molecule has 144 valence electrons. The number of alkyl halides is 4. The van der Waals surface area contributed by atoms with Crippen LogP contribution in [0.1, 0.15) is 37.1 Å². The van der Waals surface area contributed by atoms with Crippen LogP contribution < -0.4 is 5.32 Å². The SMILES string of the molecule is CC(C)Nc1ccc(F)cc1CCCn1nc(C(F)(F)F)c(CI)c1Cl. The lowest BCUT2D eigenvalue weighted by Gasteiger charge is -2.15. The van der Waals surface area contributed by atoms with Crippen molar-refractivity contribution in [1.82, 2.24) is 9.78 Å². The van der Waals surface area contributed by atoms with E-state index in [1.54, 1.807) is 6.07 Å². The number of benzene rings is 1. The van der Waals surface area contributed by atoms with Crippen LogP contribution >= 0.6 is 34.2 Å². The predicted molar refractivity (Wildman–Crippen MR) is 103 cm³/mol. The fraction of sp³-hybridized carbons (Fsp3) is 0.471. The van der Waals surface area contributed by atoms with Crippen molar-refractivity contribution in [3.63, 3.8) is 0 Å². The van der Waals surface area contributed by atoms with Gasteiger partial charge in [0.15, 0.2) is 5.69 Å². The average molecular weight is 504 g/mol. The number of halogens is 6. The van der Waals surface area contributed by atoms with Crippen molar-refractivity contribution in [2.45, 2.75) is 49.9 Å². The van der Waals surface area contributed by atoms with Crippen molar-refractivity contribution in [3.8, 4) is 0 Å². The molecule has 1 aromatic heterocycles. The van der Waals surface area contributed by atoms with Gasteiger partial charge in [-0.15, -0.1) is 0 Å². The average Bonchev–Trinajstić information content (AvgIpc) is 2.86. The quantitative estimate of drug-likeness (QED) is 0.282. The molecular formula is C17H19ClF4IN3. The Balaban J connectivity index is 2.14. The fourth-order valence-electron chi connectivity index (χ4n) is 2.61. The Morgan fingerprint density at radius 1 is 1.31 bits per heavy atom. The highest BCUT2D eigenvalue weighted by Crippen LogP contribution is 2.35. The van der Waals surface area contributed by atoms with Crippen molar-refractivity contribution in [2.24, 2.45) is 0 Å². The summed E-state index contributed by atoms with van der Waals surface area (Å²) >= 11 is 7.90. The lowest BCUT2D eigenvalue weighted by atomic mass is 10.1. The first-order chi connectivity index (χ1) is 12.1. The molecule has 0 saturated heterocycles. The largest absolute Gasteiger partial charge is 0.435 e. The molecule has 0 aliphatic rings. The number of hydrogen-bond donors (Lipinski definition) is 1. The van der Waals surface area contributed by atoms with Crippen molar-refractivity contribution in [3.05, 3.63) is 46.0 Å². The molecule has 0 saturated carbocycles. The Labute approximate surface area is 168 Å². The summed E-state index contributed by atoms with van der Waals surface area (Å²) in [5.41, 5.74) is 0.640. The molecule has 3 nitrogen and oxygen atoms in total. The van der Waals surface area contributed by atoms with Crippen LogP contribution in [-0.2, 0) is 23.6 Å². The number of nitrogens with zero attached hydrogens (tertiary/aromatic N) is 2. The van der Waals surface area contributed by atoms with Crippen LogP contribution in [0.5, 0.6) is 0 Å². The van der Waals surface area contributed by atoms with E-state index in [0.29, 0.717) is 12.8 Å². The van der Waals surface area contributed by atoms with Gasteiger partial charge < -0.3 is 5.32 Å². The molecule has 1 N–H and O–H groups in total. The molecule has 0 radical (unpaired) electrons. The molecule has 0 bridgehead atoms. The molecule has 2 aromatic rings. The Hall–Kier alpha value is -1.03. The zero-order valence-electron chi connectivity index (χ0n) is 14.3. The molecule has 0 spiro atoms. The molecule has 0 aliphatic heterocycles. The normalized spacial score (nSPS) is 12.0. The Bertz CT molecular complexity index is 759. The highest BCUT2D eigenvalue weighted by molar-refractivity contribution is 14.1. The van der Waals surface area contributed by atoms with Crippen LogP contribution in [-0.4, -0.2) is 15.8 Å². The summed E-state index contributed by atoms with van der Waals surface area (Å²) in [6.45, 7) is 4.16. The van der Waals surface area contributed by atoms with Crippen LogP contribution in [0.2, 0.25) is 5.15 Å². The second-order valence-electron chi connectivity index (χ2n) is 6.18. The van der Waals surface area contributed by atoms with Crippen molar-refractivity contribution >= 4 is 39.9 Å². The summed E-state index contributed by atoms with van der Waals surface area (Å²) in [7, 11) is 0. The van der Waals surface area contributed by atoms with Crippen LogP contribution in [0.25, 0.3) is 0 Å². The van der Waals surface area contributed by atoms with E-state index >= 15 is 0 Å². The van der Waals surface area contributed by atoms with E-state index in [0.717, 1.165) is 11.3 Å². The summed E-state index contributed by atoms with van der Waals surface area (Å²) in [6.07, 6.45) is -3.56. The van der Waals surface area contributed by atoms with Crippen LogP contribution in [0.4, 0.5) is 23.2 Å². The molecule has 1 aromatic carbocycles. The van der Waals surface area contributed by atoms with Gasteiger partial charge in [-0.3, -0.25) is 4.68 Å². The number of aryl methyl sites for hydroxylation is 2. The highest BCUT2D eigenvalue weighted by Gasteiger charge is 2.38. The summed E-state index contributed by atoms with van der Waals surface area (Å²) in [5.74, 6) is -0.349. The fourth-order valence-corrected chi connectivity index (χ4v) is 3.84.